The highest BCUT2D eigenvalue weighted by atomic mass is 32.2. The van der Waals surface area contributed by atoms with E-state index in [1.165, 1.54) is 6.07 Å². The van der Waals surface area contributed by atoms with E-state index in [1.54, 1.807) is 12.1 Å². The van der Waals surface area contributed by atoms with Gasteiger partial charge in [-0.25, -0.2) is 9.78 Å². The molecule has 8 heteroatoms. The molecule has 4 aromatic rings. The molecule has 1 aliphatic rings. The Morgan fingerprint density at radius 1 is 0.973 bits per heavy atom. The van der Waals surface area contributed by atoms with E-state index in [0.717, 1.165) is 53.0 Å². The normalized spacial score (nSPS) is 15.7. The smallest absolute Gasteiger partial charge is 0.382 e. The molecule has 188 valence electrons. The molecule has 0 saturated carbocycles. The van der Waals surface area contributed by atoms with Crippen LogP contribution >= 0.6 is 0 Å². The molecular formula is C29H26N2O5S. The van der Waals surface area contributed by atoms with Crippen LogP contribution in [0.4, 0.5) is 0 Å². The van der Waals surface area contributed by atoms with E-state index in [9.17, 15) is 13.2 Å². The number of oxazole rings is 1. The molecule has 1 atom stereocenters. The van der Waals surface area contributed by atoms with Crippen molar-refractivity contribution in [2.45, 2.75) is 25.7 Å². The van der Waals surface area contributed by atoms with E-state index in [4.69, 9.17) is 14.5 Å². The van der Waals surface area contributed by atoms with Crippen molar-refractivity contribution in [3.05, 3.63) is 108 Å². The zero-order valence-corrected chi connectivity index (χ0v) is 20.9. The first-order valence-electron chi connectivity index (χ1n) is 12.0. The minimum atomic E-state index is -4.38. The van der Waals surface area contributed by atoms with Crippen LogP contribution in [0.15, 0.2) is 95.4 Å². The lowest BCUT2D eigenvalue weighted by atomic mass is 9.83. The number of benzene rings is 3. The average Bonchev–Trinajstić information content (AvgIpc) is 3.35. The fraction of sp³-hybridized carbons (Fsp3) is 0.172. The number of allylic oxidation sites excluding steroid dienone is 2. The third-order valence-electron chi connectivity index (χ3n) is 6.35. The number of carbonyl (C=O) groups excluding carboxylic acids is 1. The Kier molecular flexibility index (Phi) is 7.03. The Morgan fingerprint density at radius 3 is 2.38 bits per heavy atom. The van der Waals surface area contributed by atoms with Crippen molar-refractivity contribution in [1.29, 1.82) is 0 Å². The molecule has 5 rings (SSSR count). The molecule has 0 fully saturated rings. The van der Waals surface area contributed by atoms with Crippen molar-refractivity contribution in [1.82, 2.24) is 4.98 Å². The Labute approximate surface area is 215 Å². The van der Waals surface area contributed by atoms with E-state index in [1.807, 2.05) is 66.7 Å². The van der Waals surface area contributed by atoms with Gasteiger partial charge in [0.05, 0.1) is 5.56 Å². The molecule has 0 saturated heterocycles. The molecule has 7 nitrogen and oxygen atoms in total. The molecular weight excluding hydrogens is 488 g/mol. The van der Waals surface area contributed by atoms with Crippen LogP contribution in [0.5, 0.6) is 0 Å². The van der Waals surface area contributed by atoms with E-state index >= 15 is 0 Å². The van der Waals surface area contributed by atoms with Crippen LogP contribution < -0.4 is 5.14 Å². The van der Waals surface area contributed by atoms with E-state index in [-0.39, 0.29) is 11.5 Å². The Hall–Kier alpha value is -4.01. The summed E-state index contributed by atoms with van der Waals surface area (Å²) in [5.41, 5.74) is 4.75. The highest BCUT2D eigenvalue weighted by Gasteiger charge is 2.26. The SMILES string of the molecule is NS(=O)(=O)OC(=O)c1cccc(CC2CCCC=C2c2nc(-c3ccccc3)c(-c3ccccc3)o2)c1. The number of aromatic nitrogens is 1. The summed E-state index contributed by atoms with van der Waals surface area (Å²) >= 11 is 0. The van der Waals surface area contributed by atoms with Gasteiger partial charge in [-0.3, -0.25) is 0 Å². The molecule has 1 heterocycles. The van der Waals surface area contributed by atoms with Crippen molar-refractivity contribution in [2.75, 3.05) is 0 Å². The molecule has 37 heavy (non-hydrogen) atoms. The minimum absolute atomic E-state index is 0.115. The number of nitrogens with zero attached hydrogens (tertiary/aromatic N) is 1. The van der Waals surface area contributed by atoms with Crippen LogP contribution in [0.3, 0.4) is 0 Å². The maximum Gasteiger partial charge on any atom is 0.382 e. The van der Waals surface area contributed by atoms with Crippen molar-refractivity contribution in [3.63, 3.8) is 0 Å². The van der Waals surface area contributed by atoms with Gasteiger partial charge >= 0.3 is 16.3 Å². The number of rotatable bonds is 7. The second-order valence-electron chi connectivity index (χ2n) is 8.98. The molecule has 0 amide bonds. The first-order chi connectivity index (χ1) is 17.9. The number of nitrogens with two attached hydrogens (primary N) is 1. The highest BCUT2D eigenvalue weighted by Crippen LogP contribution is 2.40. The van der Waals surface area contributed by atoms with Gasteiger partial charge < -0.3 is 8.60 Å². The van der Waals surface area contributed by atoms with Gasteiger partial charge in [-0.2, -0.15) is 13.6 Å². The van der Waals surface area contributed by atoms with Gasteiger partial charge in [-0.05, 0) is 49.3 Å². The molecule has 3 aromatic carbocycles. The van der Waals surface area contributed by atoms with E-state index in [0.29, 0.717) is 12.3 Å². The predicted octanol–water partition coefficient (Wildman–Crippen LogP) is 5.80. The fourth-order valence-electron chi connectivity index (χ4n) is 4.70. The maximum absolute atomic E-state index is 12.2. The zero-order valence-electron chi connectivity index (χ0n) is 20.0. The summed E-state index contributed by atoms with van der Waals surface area (Å²) in [6.07, 6.45) is 5.70. The topological polar surface area (TPSA) is 112 Å². The van der Waals surface area contributed by atoms with Crippen molar-refractivity contribution in [3.8, 4) is 22.6 Å². The third kappa shape index (κ3) is 5.87. The number of hydrogen-bond donors (Lipinski definition) is 1. The lowest BCUT2D eigenvalue weighted by Crippen LogP contribution is -2.20. The van der Waals surface area contributed by atoms with Crippen LogP contribution in [0.2, 0.25) is 0 Å². The van der Waals surface area contributed by atoms with Gasteiger partial charge in [-0.1, -0.05) is 78.9 Å². The summed E-state index contributed by atoms with van der Waals surface area (Å²) in [5, 5.41) is 4.85. The summed E-state index contributed by atoms with van der Waals surface area (Å²) in [4.78, 5) is 17.2. The minimum Gasteiger partial charge on any atom is -0.436 e. The molecule has 1 unspecified atom stereocenters. The lowest BCUT2D eigenvalue weighted by molar-refractivity contribution is 0.0747. The largest absolute Gasteiger partial charge is 0.436 e. The van der Waals surface area contributed by atoms with Gasteiger partial charge in [-0.15, -0.1) is 0 Å². The molecule has 1 aliphatic carbocycles. The standard InChI is InChI=1S/C29H26N2O5S/c30-37(33,34)36-29(32)24-16-9-10-20(19-24)18-23-15-7-8-17-25(23)28-31-26(21-11-3-1-4-12-21)27(35-28)22-13-5-2-6-14-22/h1-6,9-14,16-17,19,23H,7-8,15,18H2,(H2,30,33,34). The summed E-state index contributed by atoms with van der Waals surface area (Å²) < 4.78 is 33.1. The monoisotopic (exact) mass is 514 g/mol. The summed E-state index contributed by atoms with van der Waals surface area (Å²) in [5.74, 6) is 0.424. The fourth-order valence-corrected chi connectivity index (χ4v) is 5.01. The van der Waals surface area contributed by atoms with Gasteiger partial charge in [0, 0.05) is 16.7 Å². The highest BCUT2D eigenvalue weighted by molar-refractivity contribution is 7.84. The van der Waals surface area contributed by atoms with Gasteiger partial charge in [0.2, 0.25) is 5.89 Å². The van der Waals surface area contributed by atoms with Gasteiger partial charge in [0.25, 0.3) is 0 Å². The molecule has 0 bridgehead atoms. The second-order valence-corrected chi connectivity index (χ2v) is 10.1. The van der Waals surface area contributed by atoms with Crippen molar-refractivity contribution < 1.29 is 21.8 Å². The predicted molar refractivity (Wildman–Crippen MR) is 141 cm³/mol. The summed E-state index contributed by atoms with van der Waals surface area (Å²) in [6, 6.07) is 26.7. The quantitative estimate of drug-likeness (QED) is 0.334. The van der Waals surface area contributed by atoms with Crippen LogP contribution in [0.1, 0.15) is 41.1 Å². The summed E-state index contributed by atoms with van der Waals surface area (Å²) in [6.45, 7) is 0. The van der Waals surface area contributed by atoms with Crippen LogP contribution in [0.25, 0.3) is 28.2 Å². The Balaban J connectivity index is 1.47. The molecule has 0 aliphatic heterocycles. The van der Waals surface area contributed by atoms with E-state index in [2.05, 4.69) is 10.3 Å². The Morgan fingerprint density at radius 2 is 1.68 bits per heavy atom. The van der Waals surface area contributed by atoms with Crippen molar-refractivity contribution >= 4 is 21.8 Å². The summed E-state index contributed by atoms with van der Waals surface area (Å²) in [7, 11) is -4.38. The van der Waals surface area contributed by atoms with Crippen LogP contribution in [-0.2, 0) is 20.9 Å². The van der Waals surface area contributed by atoms with Crippen LogP contribution in [-0.4, -0.2) is 19.4 Å². The lowest BCUT2D eigenvalue weighted by Gasteiger charge is -2.22. The zero-order chi connectivity index (χ0) is 25.8. The Bertz CT molecular complexity index is 1490. The van der Waals surface area contributed by atoms with Crippen LogP contribution in [0, 0.1) is 5.92 Å². The van der Waals surface area contributed by atoms with Gasteiger partial charge in [0.15, 0.2) is 5.76 Å². The number of carbonyl (C=O) groups is 1. The molecule has 0 radical (unpaired) electrons. The first kappa shape index (κ1) is 24.7. The van der Waals surface area contributed by atoms with E-state index < -0.39 is 16.3 Å². The molecule has 2 N–H and O–H groups in total. The van der Waals surface area contributed by atoms with Crippen molar-refractivity contribution in [2.24, 2.45) is 11.1 Å². The molecule has 0 spiro atoms. The first-order valence-corrected chi connectivity index (χ1v) is 13.5. The van der Waals surface area contributed by atoms with Gasteiger partial charge in [0.1, 0.15) is 5.69 Å². The number of hydrogen-bond acceptors (Lipinski definition) is 6. The third-order valence-corrected chi connectivity index (χ3v) is 6.74. The average molecular weight is 515 g/mol. The maximum atomic E-state index is 12.2. The second kappa shape index (κ2) is 10.5. The molecule has 1 aromatic heterocycles.